The Balaban J connectivity index is 1.35. The molecule has 3 fully saturated rings. The summed E-state index contributed by atoms with van der Waals surface area (Å²) >= 11 is 0. The highest BCUT2D eigenvalue weighted by Gasteiger charge is 2.37. The van der Waals surface area contributed by atoms with Gasteiger partial charge in [-0.3, -0.25) is 5.32 Å². The minimum atomic E-state index is -0.746. The zero-order valence-corrected chi connectivity index (χ0v) is 18.2. The molecule has 3 atom stereocenters. The van der Waals surface area contributed by atoms with Crippen LogP contribution in [-0.4, -0.2) is 12.3 Å². The van der Waals surface area contributed by atoms with Crippen molar-refractivity contribution in [3.8, 4) is 0 Å². The van der Waals surface area contributed by atoms with Gasteiger partial charge in [-0.15, -0.1) is 0 Å². The third-order valence-electron chi connectivity index (χ3n) is 8.45. The Kier molecular flexibility index (Phi) is 8.94. The zero-order valence-electron chi connectivity index (χ0n) is 18.2. The van der Waals surface area contributed by atoms with Crippen molar-refractivity contribution in [3.63, 3.8) is 0 Å². The number of halogens is 1. The van der Waals surface area contributed by atoms with Crippen LogP contribution in [-0.2, 0) is 0 Å². The summed E-state index contributed by atoms with van der Waals surface area (Å²) in [5.74, 6) is 4.04. The monoisotopic (exact) mass is 379 g/mol. The van der Waals surface area contributed by atoms with Crippen LogP contribution in [0.25, 0.3) is 0 Å². The van der Waals surface area contributed by atoms with Crippen molar-refractivity contribution in [1.82, 2.24) is 5.32 Å². The fourth-order valence-corrected chi connectivity index (χ4v) is 6.65. The Bertz CT molecular complexity index is 395. The topological polar surface area (TPSA) is 12.0 Å². The van der Waals surface area contributed by atoms with Crippen molar-refractivity contribution in [1.29, 1.82) is 0 Å². The molecule has 1 aliphatic heterocycles. The van der Waals surface area contributed by atoms with E-state index in [1.807, 2.05) is 0 Å². The van der Waals surface area contributed by atoms with Crippen LogP contribution in [0.3, 0.4) is 0 Å². The normalized spacial score (nSPS) is 40.8. The first-order valence-electron chi connectivity index (χ1n) is 12.6. The van der Waals surface area contributed by atoms with Crippen LogP contribution in [0.5, 0.6) is 0 Å². The van der Waals surface area contributed by atoms with Crippen molar-refractivity contribution in [2.45, 2.75) is 129 Å². The van der Waals surface area contributed by atoms with E-state index in [1.54, 1.807) is 0 Å². The van der Waals surface area contributed by atoms with E-state index in [9.17, 15) is 4.39 Å². The Morgan fingerprint density at radius 2 is 1.30 bits per heavy atom. The maximum atomic E-state index is 14.4. The molecular weight excluding hydrogens is 333 g/mol. The van der Waals surface area contributed by atoms with E-state index in [1.165, 1.54) is 83.5 Å². The number of alkyl halides is 1. The second kappa shape index (κ2) is 11.2. The zero-order chi connectivity index (χ0) is 19.1. The van der Waals surface area contributed by atoms with Gasteiger partial charge in [0.15, 0.2) is 6.30 Å². The van der Waals surface area contributed by atoms with Gasteiger partial charge >= 0.3 is 0 Å². The summed E-state index contributed by atoms with van der Waals surface area (Å²) in [5, 5.41) is 3.38. The quantitative estimate of drug-likeness (QED) is 0.337. The van der Waals surface area contributed by atoms with Crippen LogP contribution in [0, 0.1) is 29.6 Å². The average Bonchev–Trinajstić information content (AvgIpc) is 2.71. The first-order chi connectivity index (χ1) is 13.2. The third-order valence-corrected chi connectivity index (χ3v) is 8.45. The summed E-state index contributed by atoms with van der Waals surface area (Å²) in [5.41, 5.74) is 0. The molecule has 2 saturated carbocycles. The average molecular weight is 380 g/mol. The van der Waals surface area contributed by atoms with Crippen molar-refractivity contribution < 1.29 is 4.39 Å². The molecule has 0 spiro atoms. The van der Waals surface area contributed by atoms with E-state index in [0.717, 1.165) is 42.9 Å². The molecule has 0 aromatic heterocycles. The lowest BCUT2D eigenvalue weighted by Crippen LogP contribution is -2.49. The smallest absolute Gasteiger partial charge is 0.154 e. The number of piperidine rings is 1. The van der Waals surface area contributed by atoms with E-state index in [-0.39, 0.29) is 5.92 Å². The number of hydrogen-bond donors (Lipinski definition) is 1. The van der Waals surface area contributed by atoms with Gasteiger partial charge in [-0.05, 0) is 81.5 Å². The van der Waals surface area contributed by atoms with Crippen molar-refractivity contribution >= 4 is 0 Å². The van der Waals surface area contributed by atoms with Gasteiger partial charge in [0.25, 0.3) is 0 Å². The molecular formula is C25H46FN. The summed E-state index contributed by atoms with van der Waals surface area (Å²) < 4.78 is 14.4. The Morgan fingerprint density at radius 3 is 1.89 bits per heavy atom. The third kappa shape index (κ3) is 6.18. The molecule has 1 N–H and O–H groups in total. The SMILES string of the molecule is CCCCCC1CCC(C2CCC(C3CCC(CCC)C(F)N3)CC2)CC1. The lowest BCUT2D eigenvalue weighted by Gasteiger charge is -2.42. The lowest BCUT2D eigenvalue weighted by molar-refractivity contribution is 0.0629. The van der Waals surface area contributed by atoms with Gasteiger partial charge in [0, 0.05) is 12.0 Å². The molecule has 3 rings (SSSR count). The van der Waals surface area contributed by atoms with Gasteiger partial charge < -0.3 is 0 Å². The molecule has 0 radical (unpaired) electrons. The van der Waals surface area contributed by atoms with Crippen molar-refractivity contribution in [3.05, 3.63) is 0 Å². The first kappa shape index (κ1) is 21.6. The fraction of sp³-hybridized carbons (Fsp3) is 1.00. The van der Waals surface area contributed by atoms with Crippen LogP contribution in [0.15, 0.2) is 0 Å². The first-order valence-corrected chi connectivity index (χ1v) is 12.6. The Morgan fingerprint density at radius 1 is 0.667 bits per heavy atom. The Labute approximate surface area is 168 Å². The predicted octanol–water partition coefficient (Wildman–Crippen LogP) is 7.64. The second-order valence-corrected chi connectivity index (χ2v) is 10.3. The van der Waals surface area contributed by atoms with Gasteiger partial charge in [-0.1, -0.05) is 58.8 Å². The molecule has 3 aliphatic rings. The van der Waals surface area contributed by atoms with Crippen LogP contribution in [0.1, 0.15) is 117 Å². The van der Waals surface area contributed by atoms with Crippen molar-refractivity contribution in [2.24, 2.45) is 29.6 Å². The molecule has 158 valence electrons. The molecule has 2 aliphatic carbocycles. The van der Waals surface area contributed by atoms with Crippen LogP contribution >= 0.6 is 0 Å². The van der Waals surface area contributed by atoms with E-state index in [4.69, 9.17) is 0 Å². The van der Waals surface area contributed by atoms with E-state index < -0.39 is 6.30 Å². The van der Waals surface area contributed by atoms with Gasteiger partial charge in [-0.2, -0.15) is 0 Å². The van der Waals surface area contributed by atoms with Crippen molar-refractivity contribution in [2.75, 3.05) is 0 Å². The highest BCUT2D eigenvalue weighted by molar-refractivity contribution is 4.90. The lowest BCUT2D eigenvalue weighted by atomic mass is 9.67. The number of unbranched alkanes of at least 4 members (excludes halogenated alkanes) is 2. The minimum Gasteiger partial charge on any atom is -0.285 e. The summed E-state index contributed by atoms with van der Waals surface area (Å²) in [6.45, 7) is 4.49. The molecule has 2 heteroatoms. The van der Waals surface area contributed by atoms with E-state index in [0.29, 0.717) is 6.04 Å². The standard InChI is InChI=1S/C25H46FN/c1-3-5-6-8-19-9-11-20(12-10-19)21-13-15-22(16-14-21)24-18-17-23(7-4-2)25(26)27-24/h19-25,27H,3-18H2,1-2H3. The molecule has 0 bridgehead atoms. The van der Waals surface area contributed by atoms with Crippen LogP contribution in [0.4, 0.5) is 4.39 Å². The van der Waals surface area contributed by atoms with Gasteiger partial charge in [0.05, 0.1) is 0 Å². The minimum absolute atomic E-state index is 0.273. The predicted molar refractivity (Wildman–Crippen MR) is 114 cm³/mol. The van der Waals surface area contributed by atoms with E-state index >= 15 is 0 Å². The van der Waals surface area contributed by atoms with E-state index in [2.05, 4.69) is 19.2 Å². The van der Waals surface area contributed by atoms with Crippen LogP contribution in [0.2, 0.25) is 0 Å². The summed E-state index contributed by atoms with van der Waals surface area (Å²) in [6, 6.07) is 0.461. The second-order valence-electron chi connectivity index (χ2n) is 10.3. The van der Waals surface area contributed by atoms with Gasteiger partial charge in [0.1, 0.15) is 0 Å². The summed E-state index contributed by atoms with van der Waals surface area (Å²) in [6.07, 6.45) is 21.0. The maximum Gasteiger partial charge on any atom is 0.154 e. The molecule has 3 unspecified atom stereocenters. The van der Waals surface area contributed by atoms with Gasteiger partial charge in [0.2, 0.25) is 0 Å². The highest BCUT2D eigenvalue weighted by atomic mass is 19.1. The summed E-state index contributed by atoms with van der Waals surface area (Å²) in [7, 11) is 0. The maximum absolute atomic E-state index is 14.4. The molecule has 0 aromatic carbocycles. The molecule has 1 nitrogen and oxygen atoms in total. The molecule has 27 heavy (non-hydrogen) atoms. The molecule has 0 aromatic rings. The molecule has 1 heterocycles. The number of hydrogen-bond acceptors (Lipinski definition) is 1. The van der Waals surface area contributed by atoms with Crippen LogP contribution < -0.4 is 5.32 Å². The molecule has 0 amide bonds. The largest absolute Gasteiger partial charge is 0.285 e. The number of rotatable bonds is 8. The molecule has 1 saturated heterocycles. The Hall–Kier alpha value is -0.110. The van der Waals surface area contributed by atoms with Gasteiger partial charge in [-0.25, -0.2) is 4.39 Å². The fourth-order valence-electron chi connectivity index (χ4n) is 6.65. The highest BCUT2D eigenvalue weighted by Crippen LogP contribution is 2.44. The summed E-state index contributed by atoms with van der Waals surface area (Å²) in [4.78, 5) is 0. The number of nitrogens with one attached hydrogen (secondary N) is 1.